The molecule has 0 fully saturated rings. The number of aliphatic imine (C=N–C) groups is 1. The van der Waals surface area contributed by atoms with Gasteiger partial charge < -0.3 is 0 Å². The van der Waals surface area contributed by atoms with Gasteiger partial charge in [-0.15, -0.1) is 0 Å². The predicted octanol–water partition coefficient (Wildman–Crippen LogP) is 2.86. The molecular weight excluding hydrogens is 207 g/mol. The van der Waals surface area contributed by atoms with Crippen LogP contribution in [0.3, 0.4) is 0 Å². The number of rotatable bonds is 2. The van der Waals surface area contributed by atoms with E-state index in [-0.39, 0.29) is 5.82 Å². The van der Waals surface area contributed by atoms with Crippen LogP contribution in [-0.4, -0.2) is 11.1 Å². The largest absolute Gasteiger partial charge is 0.254 e. The second-order valence-corrected chi connectivity index (χ2v) is 3.12. The summed E-state index contributed by atoms with van der Waals surface area (Å²) in [4.78, 5) is 17.5. The van der Waals surface area contributed by atoms with Crippen LogP contribution in [0.1, 0.15) is 0 Å². The van der Waals surface area contributed by atoms with Gasteiger partial charge in [0.15, 0.2) is 0 Å². The Hall–Kier alpha value is -2.32. The first-order chi connectivity index (χ1) is 7.79. The van der Waals surface area contributed by atoms with Crippen LogP contribution in [0.2, 0.25) is 0 Å². The molecule has 0 unspecified atom stereocenters. The summed E-state index contributed by atoms with van der Waals surface area (Å²) in [5.74, 6) is -0.311. The number of carbonyl (C=O) groups excluding carboxylic acids is 1. The maximum absolute atomic E-state index is 13.0. The van der Waals surface area contributed by atoms with Gasteiger partial charge in [0.2, 0.25) is 6.08 Å². The molecule has 4 heteroatoms. The van der Waals surface area contributed by atoms with E-state index in [1.165, 1.54) is 24.4 Å². The molecule has 1 aromatic heterocycles. The summed E-state index contributed by atoms with van der Waals surface area (Å²) in [6.07, 6.45) is 2.86. The Balaban J connectivity index is 2.38. The third-order valence-electron chi connectivity index (χ3n) is 2.04. The Morgan fingerprint density at radius 2 is 2.12 bits per heavy atom. The SMILES string of the molecule is O=C=Nc1ccc(-c2cccc(F)c2)nc1. The maximum Gasteiger partial charge on any atom is 0.240 e. The van der Waals surface area contributed by atoms with Gasteiger partial charge in [-0.3, -0.25) is 4.98 Å². The molecule has 0 aliphatic heterocycles. The number of aromatic nitrogens is 1. The summed E-state index contributed by atoms with van der Waals surface area (Å²) in [6.45, 7) is 0. The van der Waals surface area contributed by atoms with Crippen LogP contribution in [0.15, 0.2) is 47.6 Å². The minimum Gasteiger partial charge on any atom is -0.254 e. The highest BCUT2D eigenvalue weighted by atomic mass is 19.1. The molecule has 0 amide bonds. The zero-order chi connectivity index (χ0) is 11.4. The van der Waals surface area contributed by atoms with Gasteiger partial charge in [0.05, 0.1) is 17.6 Å². The van der Waals surface area contributed by atoms with Gasteiger partial charge in [-0.25, -0.2) is 9.18 Å². The monoisotopic (exact) mass is 214 g/mol. The van der Waals surface area contributed by atoms with Crippen molar-refractivity contribution < 1.29 is 9.18 Å². The molecule has 0 saturated heterocycles. The number of hydrogen-bond acceptors (Lipinski definition) is 3. The molecule has 0 N–H and O–H groups in total. The summed E-state index contributed by atoms with van der Waals surface area (Å²) in [5.41, 5.74) is 1.74. The van der Waals surface area contributed by atoms with Crippen molar-refractivity contribution in [2.24, 2.45) is 4.99 Å². The molecule has 0 atom stereocenters. The lowest BCUT2D eigenvalue weighted by atomic mass is 10.1. The number of isocyanates is 1. The van der Waals surface area contributed by atoms with Crippen molar-refractivity contribution >= 4 is 11.8 Å². The smallest absolute Gasteiger partial charge is 0.240 e. The summed E-state index contributed by atoms with van der Waals surface area (Å²) in [5, 5.41) is 0. The second-order valence-electron chi connectivity index (χ2n) is 3.12. The second kappa shape index (κ2) is 4.47. The van der Waals surface area contributed by atoms with Crippen LogP contribution in [-0.2, 0) is 4.79 Å². The molecule has 0 bridgehead atoms. The molecule has 3 nitrogen and oxygen atoms in total. The minimum absolute atomic E-state index is 0.311. The van der Waals surface area contributed by atoms with E-state index in [1.807, 2.05) is 0 Å². The van der Waals surface area contributed by atoms with Gasteiger partial charge in [0, 0.05) is 5.56 Å². The van der Waals surface area contributed by atoms with Crippen molar-refractivity contribution in [2.45, 2.75) is 0 Å². The summed E-state index contributed by atoms with van der Waals surface area (Å²) in [7, 11) is 0. The average molecular weight is 214 g/mol. The Bertz CT molecular complexity index is 545. The first-order valence-corrected chi connectivity index (χ1v) is 4.59. The van der Waals surface area contributed by atoms with Crippen molar-refractivity contribution in [3.8, 4) is 11.3 Å². The van der Waals surface area contributed by atoms with E-state index < -0.39 is 0 Å². The van der Waals surface area contributed by atoms with Crippen molar-refractivity contribution in [3.63, 3.8) is 0 Å². The Morgan fingerprint density at radius 1 is 1.25 bits per heavy atom. The topological polar surface area (TPSA) is 42.3 Å². The predicted molar refractivity (Wildman–Crippen MR) is 57.4 cm³/mol. The number of halogens is 1. The molecule has 2 rings (SSSR count). The Morgan fingerprint density at radius 3 is 2.75 bits per heavy atom. The normalized spacial score (nSPS) is 9.56. The fourth-order valence-corrected chi connectivity index (χ4v) is 1.32. The first-order valence-electron chi connectivity index (χ1n) is 4.59. The lowest BCUT2D eigenvalue weighted by molar-refractivity contribution is 0.565. The standard InChI is InChI=1S/C12H7FN2O/c13-10-3-1-2-9(6-10)12-5-4-11(7-14-12)15-8-16/h1-7H. The lowest BCUT2D eigenvalue weighted by Crippen LogP contribution is -1.83. The number of hydrogen-bond donors (Lipinski definition) is 0. The molecule has 2 aromatic rings. The van der Waals surface area contributed by atoms with E-state index in [9.17, 15) is 9.18 Å². The lowest BCUT2D eigenvalue weighted by Gasteiger charge is -2.00. The van der Waals surface area contributed by atoms with E-state index in [1.54, 1.807) is 24.3 Å². The van der Waals surface area contributed by atoms with Crippen molar-refractivity contribution in [3.05, 3.63) is 48.4 Å². The third-order valence-corrected chi connectivity index (χ3v) is 2.04. The first kappa shape index (κ1) is 10.2. The minimum atomic E-state index is -0.311. The molecule has 16 heavy (non-hydrogen) atoms. The Kier molecular flexibility index (Phi) is 2.85. The quantitative estimate of drug-likeness (QED) is 0.569. The van der Waals surface area contributed by atoms with E-state index in [0.717, 1.165) is 0 Å². The van der Waals surface area contributed by atoms with Gasteiger partial charge in [-0.2, -0.15) is 4.99 Å². The van der Waals surface area contributed by atoms with E-state index in [4.69, 9.17) is 0 Å². The van der Waals surface area contributed by atoms with E-state index in [0.29, 0.717) is 16.9 Å². The van der Waals surface area contributed by atoms with Crippen LogP contribution >= 0.6 is 0 Å². The van der Waals surface area contributed by atoms with E-state index >= 15 is 0 Å². The third kappa shape index (κ3) is 2.19. The average Bonchev–Trinajstić information content (AvgIpc) is 2.30. The fraction of sp³-hybridized carbons (Fsp3) is 0. The summed E-state index contributed by atoms with van der Waals surface area (Å²) >= 11 is 0. The number of nitrogens with zero attached hydrogens (tertiary/aromatic N) is 2. The zero-order valence-electron chi connectivity index (χ0n) is 8.22. The van der Waals surface area contributed by atoms with Crippen LogP contribution < -0.4 is 0 Å². The molecule has 1 heterocycles. The summed E-state index contributed by atoms with van der Waals surface area (Å²) < 4.78 is 13.0. The molecule has 0 spiro atoms. The van der Waals surface area contributed by atoms with Crippen LogP contribution in [0.5, 0.6) is 0 Å². The molecule has 0 saturated carbocycles. The van der Waals surface area contributed by atoms with Crippen LogP contribution in [0.25, 0.3) is 11.3 Å². The summed E-state index contributed by atoms with van der Waals surface area (Å²) in [6, 6.07) is 9.43. The highest BCUT2D eigenvalue weighted by Crippen LogP contribution is 2.19. The van der Waals surface area contributed by atoms with E-state index in [2.05, 4.69) is 9.98 Å². The van der Waals surface area contributed by atoms with Crippen molar-refractivity contribution in [1.29, 1.82) is 0 Å². The van der Waals surface area contributed by atoms with Gasteiger partial charge in [-0.05, 0) is 24.3 Å². The Labute approximate surface area is 91.3 Å². The van der Waals surface area contributed by atoms with Gasteiger partial charge in [0.1, 0.15) is 5.82 Å². The highest BCUT2D eigenvalue weighted by Gasteiger charge is 2.00. The van der Waals surface area contributed by atoms with Crippen molar-refractivity contribution in [1.82, 2.24) is 4.98 Å². The molecule has 0 aliphatic rings. The van der Waals surface area contributed by atoms with Gasteiger partial charge >= 0.3 is 0 Å². The fourth-order valence-electron chi connectivity index (χ4n) is 1.32. The highest BCUT2D eigenvalue weighted by molar-refractivity contribution is 5.61. The molecular formula is C12H7FN2O. The molecule has 0 radical (unpaired) electrons. The van der Waals surface area contributed by atoms with Crippen LogP contribution in [0, 0.1) is 5.82 Å². The zero-order valence-corrected chi connectivity index (χ0v) is 8.22. The van der Waals surface area contributed by atoms with Gasteiger partial charge in [-0.1, -0.05) is 12.1 Å². The molecule has 1 aromatic carbocycles. The maximum atomic E-state index is 13.0. The molecule has 78 valence electrons. The van der Waals surface area contributed by atoms with Gasteiger partial charge in [0.25, 0.3) is 0 Å². The van der Waals surface area contributed by atoms with Crippen LogP contribution in [0.4, 0.5) is 10.1 Å². The number of benzene rings is 1. The number of pyridine rings is 1. The molecule has 0 aliphatic carbocycles. The van der Waals surface area contributed by atoms with Crippen molar-refractivity contribution in [2.75, 3.05) is 0 Å².